The molecule has 0 radical (unpaired) electrons. The third-order valence-corrected chi connectivity index (χ3v) is 9.19. The van der Waals surface area contributed by atoms with Crippen molar-refractivity contribution in [1.82, 2.24) is 20.7 Å². The maximum Gasteiger partial charge on any atom is 0.355 e. The fourth-order valence-corrected chi connectivity index (χ4v) is 6.34. The largest absolute Gasteiger partial charge is 0.355 e. The van der Waals surface area contributed by atoms with Gasteiger partial charge in [-0.2, -0.15) is 10.2 Å². The predicted octanol–water partition coefficient (Wildman–Crippen LogP) is 8.76. The molecule has 4 rings (SSSR count). The van der Waals surface area contributed by atoms with Gasteiger partial charge in [0.2, 0.25) is 0 Å². The lowest BCUT2D eigenvalue weighted by Crippen LogP contribution is -2.43. The number of hydrogen-bond acceptors (Lipinski definition) is 5. The number of allylic oxidation sites excluding steroid dienone is 2. The lowest BCUT2D eigenvalue weighted by molar-refractivity contribution is 0.186. The van der Waals surface area contributed by atoms with Crippen LogP contribution < -0.4 is 10.9 Å². The normalized spacial score (nSPS) is 18.0. The maximum absolute atomic E-state index is 13.2. The molecule has 0 unspecified atom stereocenters. The fourth-order valence-electron chi connectivity index (χ4n) is 6.09. The molecule has 2 aromatic rings. The Morgan fingerprint density at radius 1 is 0.652 bits per heavy atom. The molecule has 0 bridgehead atoms. The summed E-state index contributed by atoms with van der Waals surface area (Å²) in [6, 6.07) is 14.8. The van der Waals surface area contributed by atoms with Crippen molar-refractivity contribution in [1.29, 1.82) is 0 Å². The zero-order chi connectivity index (χ0) is 33.0. The summed E-state index contributed by atoms with van der Waals surface area (Å²) < 4.78 is 0. The lowest BCUT2D eigenvalue weighted by atomic mass is 9.85. The Morgan fingerprint density at radius 3 is 1.35 bits per heavy atom. The van der Waals surface area contributed by atoms with Gasteiger partial charge in [0.05, 0.1) is 11.4 Å². The minimum atomic E-state index is -0.489. The van der Waals surface area contributed by atoms with E-state index in [1.807, 2.05) is 72.8 Å². The Labute approximate surface area is 285 Å². The van der Waals surface area contributed by atoms with Crippen molar-refractivity contribution >= 4 is 52.8 Å². The van der Waals surface area contributed by atoms with Gasteiger partial charge in [-0.3, -0.25) is 0 Å². The second-order valence-electron chi connectivity index (χ2n) is 13.8. The topological polar surface area (TPSA) is 72.3 Å². The average Bonchev–Trinajstić information content (AvgIpc) is 3.03. The number of carbonyl (C=O) groups is 1. The van der Waals surface area contributed by atoms with Crippen LogP contribution >= 0.6 is 23.2 Å². The van der Waals surface area contributed by atoms with Crippen molar-refractivity contribution in [2.45, 2.75) is 66.2 Å². The molecule has 248 valence electrons. The molecule has 46 heavy (non-hydrogen) atoms. The van der Waals surface area contributed by atoms with Crippen molar-refractivity contribution in [2.75, 3.05) is 39.3 Å². The van der Waals surface area contributed by atoms with Crippen LogP contribution in [-0.2, 0) is 0 Å². The van der Waals surface area contributed by atoms with Crippen molar-refractivity contribution in [3.63, 3.8) is 0 Å². The number of benzene rings is 2. The summed E-state index contributed by atoms with van der Waals surface area (Å²) in [4.78, 5) is 18.2. The van der Waals surface area contributed by atoms with E-state index in [2.05, 4.69) is 58.5 Å². The van der Waals surface area contributed by atoms with Gasteiger partial charge in [-0.1, -0.05) is 100 Å². The molecule has 2 fully saturated rings. The van der Waals surface area contributed by atoms with E-state index in [-0.39, 0.29) is 10.8 Å². The summed E-state index contributed by atoms with van der Waals surface area (Å²) in [5.41, 5.74) is 8.42. The van der Waals surface area contributed by atoms with Gasteiger partial charge in [-0.05, 0) is 99.4 Å². The highest BCUT2D eigenvalue weighted by Gasteiger charge is 2.29. The van der Waals surface area contributed by atoms with Gasteiger partial charge >= 0.3 is 6.03 Å². The van der Waals surface area contributed by atoms with Crippen LogP contribution in [0.15, 0.2) is 70.9 Å². The Hall–Kier alpha value is -2.97. The molecule has 2 aliphatic heterocycles. The summed E-state index contributed by atoms with van der Waals surface area (Å²) in [7, 11) is 0. The monoisotopic (exact) mass is 664 g/mol. The van der Waals surface area contributed by atoms with Crippen molar-refractivity contribution in [3.05, 3.63) is 81.9 Å². The molecule has 2 aromatic carbocycles. The van der Waals surface area contributed by atoms with E-state index in [4.69, 9.17) is 23.2 Å². The highest BCUT2D eigenvalue weighted by molar-refractivity contribution is 6.30. The fraction of sp³-hybridized carbons (Fsp3) is 0.486. The molecule has 0 atom stereocenters. The molecule has 2 N–H and O–H groups in total. The molecular weight excluding hydrogens is 615 g/mol. The van der Waals surface area contributed by atoms with E-state index in [0.717, 1.165) is 61.8 Å². The molecule has 2 aliphatic rings. The number of nitrogens with one attached hydrogen (secondary N) is 2. The molecule has 7 nitrogen and oxygen atoms in total. The first-order valence-corrected chi connectivity index (χ1v) is 17.3. The van der Waals surface area contributed by atoms with Gasteiger partial charge in [0, 0.05) is 34.0 Å². The van der Waals surface area contributed by atoms with Crippen molar-refractivity contribution in [2.24, 2.45) is 21.0 Å². The Balaban J connectivity index is 1.53. The number of likely N-dealkylation sites (tertiary alicyclic amines) is 2. The Kier molecular flexibility index (Phi) is 13.5. The minimum Gasteiger partial charge on any atom is -0.302 e. The Morgan fingerprint density at radius 2 is 1.00 bits per heavy atom. The third-order valence-electron chi connectivity index (χ3n) is 8.69. The average molecular weight is 666 g/mol. The Bertz CT molecular complexity index is 1280. The third kappa shape index (κ3) is 11.7. The molecule has 2 amide bonds. The summed E-state index contributed by atoms with van der Waals surface area (Å²) >= 11 is 12.2. The van der Waals surface area contributed by atoms with Crippen LogP contribution in [0.2, 0.25) is 10.0 Å². The van der Waals surface area contributed by atoms with E-state index >= 15 is 0 Å². The van der Waals surface area contributed by atoms with E-state index in [0.29, 0.717) is 10.0 Å². The van der Waals surface area contributed by atoms with E-state index in [1.165, 1.54) is 38.5 Å². The molecule has 9 heteroatoms. The number of halogens is 2. The molecule has 0 aliphatic carbocycles. The zero-order valence-corrected chi connectivity index (χ0v) is 29.4. The number of amides is 2. The van der Waals surface area contributed by atoms with Crippen LogP contribution in [0.1, 0.15) is 77.3 Å². The maximum atomic E-state index is 13.2. The van der Waals surface area contributed by atoms with Crippen LogP contribution in [0.4, 0.5) is 4.79 Å². The molecule has 0 spiro atoms. The number of carbonyl (C=O) groups excluding carboxylic acids is 1. The SMILES string of the molecule is CC(C)(CN1CCCCC1)C(/C=C/c1ccc(Cl)cc1)=N/NC(=O)N/N=C(\C=C\c1ccc(Cl)cc1)C(C)(C)CN1CCCCC1. The number of nitrogens with zero attached hydrogens (tertiary/aromatic N) is 4. The van der Waals surface area contributed by atoms with Gasteiger partial charge in [0.25, 0.3) is 0 Å². The second kappa shape index (κ2) is 17.3. The van der Waals surface area contributed by atoms with E-state index in [9.17, 15) is 4.79 Å². The molecule has 0 aromatic heterocycles. The summed E-state index contributed by atoms with van der Waals surface area (Å²) in [6.45, 7) is 14.7. The standard InChI is InChI=1S/C37H50Cl2N6O/c1-36(2,27-44-23-7-5-8-24-44)33(21-15-29-11-17-31(38)18-12-29)40-42-35(46)43-41-34(22-16-30-13-19-32(39)20-14-30)37(3,4)28-45-25-9-6-10-26-45/h11-22H,5-10,23-28H2,1-4H3,(H2,42,43,46)/b21-15+,22-16+,40-33+,41-34+. The predicted molar refractivity (Wildman–Crippen MR) is 196 cm³/mol. The summed E-state index contributed by atoms with van der Waals surface area (Å²) in [5, 5.41) is 10.7. The van der Waals surface area contributed by atoms with Crippen LogP contribution in [-0.4, -0.2) is 66.5 Å². The van der Waals surface area contributed by atoms with Crippen molar-refractivity contribution < 1.29 is 4.79 Å². The number of urea groups is 1. The zero-order valence-electron chi connectivity index (χ0n) is 27.9. The highest BCUT2D eigenvalue weighted by atomic mass is 35.5. The van der Waals surface area contributed by atoms with E-state index in [1.54, 1.807) is 0 Å². The van der Waals surface area contributed by atoms with Crippen molar-refractivity contribution in [3.8, 4) is 0 Å². The summed E-state index contributed by atoms with van der Waals surface area (Å²) in [6.07, 6.45) is 15.4. The number of hydrazone groups is 2. The van der Waals surface area contributed by atoms with Gasteiger partial charge < -0.3 is 9.80 Å². The first-order chi connectivity index (χ1) is 22.0. The summed E-state index contributed by atoms with van der Waals surface area (Å²) in [5.74, 6) is 0. The van der Waals surface area contributed by atoms with Crippen LogP contribution in [0, 0.1) is 10.8 Å². The lowest BCUT2D eigenvalue weighted by Gasteiger charge is -2.35. The number of rotatable bonds is 12. The molecule has 0 saturated carbocycles. The van der Waals surface area contributed by atoms with Crippen LogP contribution in [0.3, 0.4) is 0 Å². The minimum absolute atomic E-state index is 0.306. The molecular formula is C37H50Cl2N6O. The highest BCUT2D eigenvalue weighted by Crippen LogP contribution is 2.25. The van der Waals surface area contributed by atoms with Crippen LogP contribution in [0.5, 0.6) is 0 Å². The van der Waals surface area contributed by atoms with Gasteiger partial charge in [-0.25, -0.2) is 15.6 Å². The first-order valence-electron chi connectivity index (χ1n) is 16.5. The quantitative estimate of drug-likeness (QED) is 0.176. The molecule has 2 saturated heterocycles. The number of hydrogen-bond donors (Lipinski definition) is 2. The number of piperidine rings is 2. The smallest absolute Gasteiger partial charge is 0.302 e. The first kappa shape index (κ1) is 35.9. The van der Waals surface area contributed by atoms with Crippen LogP contribution in [0.25, 0.3) is 12.2 Å². The molecule has 2 heterocycles. The van der Waals surface area contributed by atoms with E-state index < -0.39 is 6.03 Å². The van der Waals surface area contributed by atoms with Gasteiger partial charge in [0.1, 0.15) is 0 Å². The van der Waals surface area contributed by atoms with Gasteiger partial charge in [0.15, 0.2) is 0 Å². The van der Waals surface area contributed by atoms with Gasteiger partial charge in [-0.15, -0.1) is 0 Å². The second-order valence-corrected chi connectivity index (χ2v) is 14.6.